The van der Waals surface area contributed by atoms with E-state index in [1.54, 1.807) is 12.1 Å². The molecule has 8 nitrogen and oxygen atoms in total. The maximum atomic E-state index is 13.6. The molecule has 1 atom stereocenters. The molecule has 0 aromatic heterocycles. The van der Waals surface area contributed by atoms with E-state index in [-0.39, 0.29) is 41.1 Å². The van der Waals surface area contributed by atoms with Crippen molar-refractivity contribution in [1.82, 2.24) is 5.32 Å². The summed E-state index contributed by atoms with van der Waals surface area (Å²) in [5, 5.41) is 2.27. The number of halogens is 2. The van der Waals surface area contributed by atoms with Crippen LogP contribution in [0, 0.1) is 5.82 Å². The van der Waals surface area contributed by atoms with Gasteiger partial charge >= 0.3 is 6.09 Å². The summed E-state index contributed by atoms with van der Waals surface area (Å²) in [5.41, 5.74) is 7.25. The highest BCUT2D eigenvalue weighted by Crippen LogP contribution is 2.38. The molecule has 0 fully saturated rings. The number of anilines is 2. The standard InChI is InChI=1S/C23H21ClFN3O5S/c24-19-11-18(7-8-20(19)25)34(30,31)28-13-17(33-22-9-6-16(26)10-21(22)28)12-27-23(29)32-14-15-4-2-1-3-5-15/h1-11,17H,12-14,26H2,(H,27,29)/t17-/m0/s1. The number of sulfonamides is 1. The van der Waals surface area contributed by atoms with Gasteiger partial charge in [0.15, 0.2) is 0 Å². The van der Waals surface area contributed by atoms with E-state index in [4.69, 9.17) is 26.8 Å². The first-order valence-corrected chi connectivity index (χ1v) is 12.0. The van der Waals surface area contributed by atoms with Crippen molar-refractivity contribution in [3.63, 3.8) is 0 Å². The van der Waals surface area contributed by atoms with Crippen LogP contribution in [0.15, 0.2) is 71.6 Å². The van der Waals surface area contributed by atoms with Crippen molar-refractivity contribution in [3.05, 3.63) is 83.1 Å². The maximum absolute atomic E-state index is 13.6. The zero-order valence-corrected chi connectivity index (χ0v) is 19.4. The zero-order valence-electron chi connectivity index (χ0n) is 17.8. The summed E-state index contributed by atoms with van der Waals surface area (Å²) in [6, 6.07) is 16.9. The lowest BCUT2D eigenvalue weighted by atomic mass is 10.2. The molecule has 1 amide bonds. The molecule has 178 valence electrons. The third-order valence-electron chi connectivity index (χ3n) is 5.08. The number of carbonyl (C=O) groups excluding carboxylic acids is 1. The second-order valence-electron chi connectivity index (χ2n) is 7.52. The van der Waals surface area contributed by atoms with Crippen LogP contribution in [0.4, 0.5) is 20.6 Å². The minimum Gasteiger partial charge on any atom is -0.484 e. The van der Waals surface area contributed by atoms with E-state index in [1.807, 2.05) is 30.3 Å². The maximum Gasteiger partial charge on any atom is 0.407 e. The summed E-state index contributed by atoms with van der Waals surface area (Å²) in [4.78, 5) is 11.9. The second kappa shape index (κ2) is 9.78. The Bertz CT molecular complexity index is 1310. The Labute approximate surface area is 201 Å². The molecule has 3 aromatic rings. The van der Waals surface area contributed by atoms with E-state index < -0.39 is 28.0 Å². The number of ether oxygens (including phenoxy) is 2. The number of carbonyl (C=O) groups is 1. The summed E-state index contributed by atoms with van der Waals surface area (Å²) in [6.07, 6.45) is -1.40. The average molecular weight is 506 g/mol. The van der Waals surface area contributed by atoms with Gasteiger partial charge in [0, 0.05) is 5.69 Å². The number of amides is 1. The van der Waals surface area contributed by atoms with Crippen molar-refractivity contribution >= 4 is 39.1 Å². The number of benzene rings is 3. The molecule has 0 bridgehead atoms. The van der Waals surface area contributed by atoms with Crippen LogP contribution >= 0.6 is 11.6 Å². The first-order valence-electron chi connectivity index (χ1n) is 10.2. The number of alkyl carbamates (subject to hydrolysis) is 1. The van der Waals surface area contributed by atoms with Gasteiger partial charge < -0.3 is 20.5 Å². The van der Waals surface area contributed by atoms with Crippen LogP contribution in [0.25, 0.3) is 0 Å². The first kappa shape index (κ1) is 23.7. The number of rotatable bonds is 6. The first-order chi connectivity index (χ1) is 16.2. The molecule has 0 saturated carbocycles. The third kappa shape index (κ3) is 5.18. The molecular weight excluding hydrogens is 485 g/mol. The predicted octanol–water partition coefficient (Wildman–Crippen LogP) is 3.94. The van der Waals surface area contributed by atoms with Crippen molar-refractivity contribution in [2.45, 2.75) is 17.6 Å². The molecule has 3 N–H and O–H groups in total. The zero-order chi connectivity index (χ0) is 24.3. The van der Waals surface area contributed by atoms with Crippen LogP contribution in [-0.4, -0.2) is 33.7 Å². The minimum atomic E-state index is -4.15. The molecule has 0 saturated heterocycles. The molecule has 0 aliphatic carbocycles. The Kier molecular flexibility index (Phi) is 6.80. The van der Waals surface area contributed by atoms with Gasteiger partial charge in [0.1, 0.15) is 24.3 Å². The number of hydrogen-bond acceptors (Lipinski definition) is 6. The van der Waals surface area contributed by atoms with Crippen molar-refractivity contribution in [2.75, 3.05) is 23.1 Å². The summed E-state index contributed by atoms with van der Waals surface area (Å²) < 4.78 is 52.6. The highest BCUT2D eigenvalue weighted by atomic mass is 35.5. The normalized spacial score (nSPS) is 15.2. The molecule has 1 heterocycles. The number of fused-ring (bicyclic) bond motifs is 1. The van der Waals surface area contributed by atoms with E-state index in [9.17, 15) is 17.6 Å². The largest absolute Gasteiger partial charge is 0.484 e. The molecule has 0 spiro atoms. The molecule has 1 aliphatic rings. The van der Waals surface area contributed by atoms with E-state index in [0.29, 0.717) is 5.69 Å². The SMILES string of the molecule is Nc1ccc2c(c1)N(S(=O)(=O)c1ccc(F)c(Cl)c1)C[C@H](CNC(=O)OCc1ccccc1)O2. The van der Waals surface area contributed by atoms with Crippen LogP contribution in [0.3, 0.4) is 0 Å². The van der Waals surface area contributed by atoms with Gasteiger partial charge in [-0.25, -0.2) is 17.6 Å². The van der Waals surface area contributed by atoms with Gasteiger partial charge in [-0.05, 0) is 42.0 Å². The topological polar surface area (TPSA) is 111 Å². The number of nitrogen functional groups attached to an aromatic ring is 1. The molecule has 11 heteroatoms. The fourth-order valence-corrected chi connectivity index (χ4v) is 5.17. The number of nitrogens with two attached hydrogens (primary N) is 1. The van der Waals surface area contributed by atoms with E-state index in [2.05, 4.69) is 5.32 Å². The van der Waals surface area contributed by atoms with Crippen LogP contribution in [-0.2, 0) is 21.4 Å². The highest BCUT2D eigenvalue weighted by Gasteiger charge is 2.35. The van der Waals surface area contributed by atoms with Gasteiger partial charge in [-0.1, -0.05) is 41.9 Å². The van der Waals surface area contributed by atoms with Crippen molar-refractivity contribution in [1.29, 1.82) is 0 Å². The highest BCUT2D eigenvalue weighted by molar-refractivity contribution is 7.92. The Hall–Kier alpha value is -3.50. The molecule has 4 rings (SSSR count). The Balaban J connectivity index is 1.51. The summed E-state index contributed by atoms with van der Waals surface area (Å²) in [5.74, 6) is -0.468. The van der Waals surface area contributed by atoms with E-state index >= 15 is 0 Å². The van der Waals surface area contributed by atoms with Crippen LogP contribution < -0.4 is 20.1 Å². The Morgan fingerprint density at radius 1 is 1.18 bits per heavy atom. The van der Waals surface area contributed by atoms with Crippen LogP contribution in [0.2, 0.25) is 5.02 Å². The van der Waals surface area contributed by atoms with Crippen LogP contribution in [0.1, 0.15) is 5.56 Å². The molecule has 0 unspecified atom stereocenters. The molecule has 0 radical (unpaired) electrons. The Morgan fingerprint density at radius 3 is 2.68 bits per heavy atom. The third-order valence-corrected chi connectivity index (χ3v) is 7.15. The number of hydrogen-bond donors (Lipinski definition) is 2. The lowest BCUT2D eigenvalue weighted by Gasteiger charge is -2.35. The van der Waals surface area contributed by atoms with Gasteiger partial charge in [-0.15, -0.1) is 0 Å². The van der Waals surface area contributed by atoms with Crippen molar-refractivity contribution in [2.24, 2.45) is 0 Å². The summed E-state index contributed by atoms with van der Waals surface area (Å²) >= 11 is 5.81. The molecule has 34 heavy (non-hydrogen) atoms. The van der Waals surface area contributed by atoms with Crippen molar-refractivity contribution in [3.8, 4) is 5.75 Å². The van der Waals surface area contributed by atoms with Gasteiger partial charge in [0.25, 0.3) is 10.0 Å². The lowest BCUT2D eigenvalue weighted by Crippen LogP contribution is -2.48. The number of nitrogens with zero attached hydrogens (tertiary/aromatic N) is 1. The smallest absolute Gasteiger partial charge is 0.407 e. The van der Waals surface area contributed by atoms with Gasteiger partial charge in [-0.2, -0.15) is 0 Å². The van der Waals surface area contributed by atoms with Crippen molar-refractivity contribution < 1.29 is 27.1 Å². The summed E-state index contributed by atoms with van der Waals surface area (Å²) in [7, 11) is -4.15. The van der Waals surface area contributed by atoms with E-state index in [1.165, 1.54) is 6.07 Å². The van der Waals surface area contributed by atoms with E-state index in [0.717, 1.165) is 28.1 Å². The minimum absolute atomic E-state index is 0.0202. The van der Waals surface area contributed by atoms with Gasteiger partial charge in [0.05, 0.1) is 28.7 Å². The fraction of sp³-hybridized carbons (Fsp3) is 0.174. The second-order valence-corrected chi connectivity index (χ2v) is 9.79. The monoisotopic (exact) mass is 505 g/mol. The van der Waals surface area contributed by atoms with Gasteiger partial charge in [0.2, 0.25) is 0 Å². The number of nitrogens with one attached hydrogen (secondary N) is 1. The Morgan fingerprint density at radius 2 is 1.94 bits per heavy atom. The van der Waals surface area contributed by atoms with Crippen LogP contribution in [0.5, 0.6) is 5.75 Å². The molecule has 1 aliphatic heterocycles. The average Bonchev–Trinajstić information content (AvgIpc) is 2.83. The van der Waals surface area contributed by atoms with Gasteiger partial charge in [-0.3, -0.25) is 4.31 Å². The molecular formula is C23H21ClFN3O5S. The molecule has 3 aromatic carbocycles. The quantitative estimate of drug-likeness (QED) is 0.491. The predicted molar refractivity (Wildman–Crippen MR) is 126 cm³/mol. The lowest BCUT2D eigenvalue weighted by molar-refractivity contribution is 0.130. The fourth-order valence-electron chi connectivity index (χ4n) is 3.40. The summed E-state index contributed by atoms with van der Waals surface area (Å²) in [6.45, 7) is -0.0630.